The topological polar surface area (TPSA) is 88.0 Å². The van der Waals surface area contributed by atoms with Gasteiger partial charge >= 0.3 is 6.18 Å². The van der Waals surface area contributed by atoms with Crippen molar-refractivity contribution in [2.45, 2.75) is 13.1 Å². The Morgan fingerprint density at radius 2 is 2.17 bits per heavy atom. The van der Waals surface area contributed by atoms with Crippen molar-refractivity contribution in [3.63, 3.8) is 0 Å². The van der Waals surface area contributed by atoms with Crippen LogP contribution in [0, 0.1) is 6.92 Å². The molecule has 0 aliphatic heterocycles. The molecule has 0 spiro atoms. The number of pyridine rings is 1. The first kappa shape index (κ1) is 15.3. The Bertz CT molecular complexity index is 886. The summed E-state index contributed by atoms with van der Waals surface area (Å²) in [6.07, 6.45) is -2.65. The minimum atomic E-state index is -4.60. The van der Waals surface area contributed by atoms with Gasteiger partial charge in [-0.1, -0.05) is 11.6 Å². The monoisotopic (exact) mass is 344 g/mol. The van der Waals surface area contributed by atoms with E-state index in [1.165, 1.54) is 13.3 Å². The molecule has 7 nitrogen and oxygen atoms in total. The molecule has 0 radical (unpaired) electrons. The van der Waals surface area contributed by atoms with Crippen LogP contribution in [-0.4, -0.2) is 30.5 Å². The number of carbonyl (C=O) groups is 1. The van der Waals surface area contributed by atoms with E-state index in [4.69, 9.17) is 11.6 Å². The molecule has 0 fully saturated rings. The lowest BCUT2D eigenvalue weighted by Gasteiger charge is -2.09. The lowest BCUT2D eigenvalue weighted by Crippen LogP contribution is -2.17. The van der Waals surface area contributed by atoms with Crippen LogP contribution in [0.15, 0.2) is 18.6 Å². The molecule has 3 heterocycles. The van der Waals surface area contributed by atoms with Crippen molar-refractivity contribution in [1.82, 2.24) is 24.6 Å². The number of hydrogen-bond acceptors (Lipinski definition) is 4. The van der Waals surface area contributed by atoms with Gasteiger partial charge in [-0.15, -0.1) is 0 Å². The number of alkyl halides is 3. The maximum Gasteiger partial charge on any atom is 0.417 e. The Morgan fingerprint density at radius 3 is 2.78 bits per heavy atom. The Hall–Kier alpha value is -2.62. The predicted molar refractivity (Wildman–Crippen MR) is 74.3 cm³/mol. The van der Waals surface area contributed by atoms with Gasteiger partial charge in [0.25, 0.3) is 5.91 Å². The second kappa shape index (κ2) is 5.23. The Morgan fingerprint density at radius 1 is 1.43 bits per heavy atom. The van der Waals surface area contributed by atoms with Crippen LogP contribution < -0.4 is 5.32 Å². The highest BCUT2D eigenvalue weighted by Gasteiger charge is 2.33. The van der Waals surface area contributed by atoms with Crippen molar-refractivity contribution in [2.75, 3.05) is 5.32 Å². The van der Waals surface area contributed by atoms with E-state index in [-0.39, 0.29) is 28.0 Å². The summed E-state index contributed by atoms with van der Waals surface area (Å²) in [6, 6.07) is 0.765. The molecule has 0 aliphatic carbocycles. The fourth-order valence-corrected chi connectivity index (χ4v) is 2.33. The van der Waals surface area contributed by atoms with E-state index in [0.717, 1.165) is 16.7 Å². The van der Waals surface area contributed by atoms with Gasteiger partial charge in [0.15, 0.2) is 5.65 Å². The molecule has 120 valence electrons. The quantitative estimate of drug-likeness (QED) is 0.748. The number of nitrogens with zero attached hydrogens (tertiary/aromatic N) is 4. The van der Waals surface area contributed by atoms with Crippen LogP contribution in [-0.2, 0) is 6.18 Å². The molecule has 11 heteroatoms. The lowest BCUT2D eigenvalue weighted by molar-refractivity contribution is -0.137. The first-order valence-electron chi connectivity index (χ1n) is 6.19. The number of halogens is 4. The van der Waals surface area contributed by atoms with Gasteiger partial charge < -0.3 is 0 Å². The summed E-state index contributed by atoms with van der Waals surface area (Å²) in [6.45, 7) is 1.49. The van der Waals surface area contributed by atoms with Crippen LogP contribution in [0.25, 0.3) is 5.65 Å². The first-order valence-corrected chi connectivity index (χ1v) is 6.57. The highest BCUT2D eigenvalue weighted by molar-refractivity contribution is 6.33. The van der Waals surface area contributed by atoms with Gasteiger partial charge in [0, 0.05) is 6.20 Å². The molecule has 0 aliphatic rings. The van der Waals surface area contributed by atoms with Crippen molar-refractivity contribution in [3.8, 4) is 0 Å². The summed E-state index contributed by atoms with van der Waals surface area (Å²) in [5.74, 6) is -0.635. The van der Waals surface area contributed by atoms with E-state index in [1.807, 2.05) is 0 Å². The van der Waals surface area contributed by atoms with Gasteiger partial charge in [-0.2, -0.15) is 23.3 Å². The molecule has 0 unspecified atom stereocenters. The fraction of sp³-hybridized carbons (Fsp3) is 0.167. The highest BCUT2D eigenvalue weighted by Crippen LogP contribution is 2.33. The second-order valence-corrected chi connectivity index (χ2v) is 5.01. The summed E-state index contributed by atoms with van der Waals surface area (Å²) in [4.78, 5) is 20.1. The van der Waals surface area contributed by atoms with Gasteiger partial charge in [0.1, 0.15) is 12.0 Å². The molecule has 0 saturated heterocycles. The molecular formula is C12H8ClF3N6O. The third-order valence-electron chi connectivity index (χ3n) is 3.04. The molecule has 3 aromatic heterocycles. The van der Waals surface area contributed by atoms with Crippen LogP contribution in [0.1, 0.15) is 21.7 Å². The number of nitrogens with one attached hydrogen (secondary N) is 2. The average molecular weight is 345 g/mol. The SMILES string of the molecule is Cc1nc2c(Cl)cc(C(F)(F)F)cn2c1C(=O)Nc1ncn[nH]1. The van der Waals surface area contributed by atoms with Gasteiger partial charge in [-0.3, -0.25) is 14.5 Å². The largest absolute Gasteiger partial charge is 0.417 e. The normalized spacial score (nSPS) is 11.9. The van der Waals surface area contributed by atoms with Gasteiger partial charge in [0.2, 0.25) is 5.95 Å². The van der Waals surface area contributed by atoms with E-state index >= 15 is 0 Å². The number of rotatable bonds is 2. The second-order valence-electron chi connectivity index (χ2n) is 4.60. The number of aromatic nitrogens is 5. The molecule has 3 aromatic rings. The van der Waals surface area contributed by atoms with Crippen LogP contribution in [0.4, 0.5) is 19.1 Å². The number of H-pyrrole nitrogens is 1. The van der Waals surface area contributed by atoms with Crippen molar-refractivity contribution < 1.29 is 18.0 Å². The Balaban J connectivity index is 2.14. The van der Waals surface area contributed by atoms with E-state index in [2.05, 4.69) is 25.5 Å². The number of hydrogen-bond donors (Lipinski definition) is 2. The minimum Gasteiger partial charge on any atom is -0.293 e. The van der Waals surface area contributed by atoms with Gasteiger partial charge in [0.05, 0.1) is 16.3 Å². The van der Waals surface area contributed by atoms with E-state index in [9.17, 15) is 18.0 Å². The fourth-order valence-electron chi connectivity index (χ4n) is 2.08. The van der Waals surface area contributed by atoms with E-state index in [1.54, 1.807) is 0 Å². The average Bonchev–Trinajstić information content (AvgIpc) is 3.04. The zero-order valence-corrected chi connectivity index (χ0v) is 12.2. The molecule has 1 amide bonds. The third-order valence-corrected chi connectivity index (χ3v) is 3.32. The molecule has 23 heavy (non-hydrogen) atoms. The highest BCUT2D eigenvalue weighted by atomic mass is 35.5. The Labute approximate surface area is 131 Å². The maximum absolute atomic E-state index is 12.9. The lowest BCUT2D eigenvalue weighted by atomic mass is 10.2. The summed E-state index contributed by atoms with van der Waals surface area (Å²) in [7, 11) is 0. The van der Waals surface area contributed by atoms with Gasteiger partial charge in [-0.05, 0) is 13.0 Å². The van der Waals surface area contributed by atoms with Crippen molar-refractivity contribution in [2.24, 2.45) is 0 Å². The van der Waals surface area contributed by atoms with Crippen LogP contribution in [0.3, 0.4) is 0 Å². The maximum atomic E-state index is 12.9. The Kier molecular flexibility index (Phi) is 3.48. The molecule has 0 aromatic carbocycles. The number of imidazole rings is 1. The number of carbonyl (C=O) groups excluding carboxylic acids is 1. The molecule has 0 saturated carbocycles. The molecule has 3 rings (SSSR count). The van der Waals surface area contributed by atoms with Crippen molar-refractivity contribution in [3.05, 3.63) is 40.6 Å². The zero-order valence-electron chi connectivity index (χ0n) is 11.4. The smallest absolute Gasteiger partial charge is 0.293 e. The summed E-state index contributed by atoms with van der Waals surface area (Å²) < 4.78 is 39.8. The summed E-state index contributed by atoms with van der Waals surface area (Å²) in [5, 5.41) is 8.15. The molecular weight excluding hydrogens is 337 g/mol. The van der Waals surface area contributed by atoms with E-state index < -0.39 is 17.6 Å². The summed E-state index contributed by atoms with van der Waals surface area (Å²) >= 11 is 5.86. The zero-order chi connectivity index (χ0) is 16.8. The number of fused-ring (bicyclic) bond motifs is 1. The first-order chi connectivity index (χ1) is 10.8. The third kappa shape index (κ3) is 2.72. The number of aryl methyl sites for hydroxylation is 1. The standard InChI is InChI=1S/C12H8ClF3N6O/c1-5-8(10(23)20-11-17-4-18-21-11)22-3-6(12(14,15)16)2-7(13)9(22)19-5/h2-4H,1H3,(H2,17,18,20,21,23). The van der Waals surface area contributed by atoms with Crippen LogP contribution in [0.2, 0.25) is 5.02 Å². The predicted octanol–water partition coefficient (Wildman–Crippen LogP) is 2.69. The molecule has 0 atom stereocenters. The minimum absolute atomic E-state index is 0.0555. The van der Waals surface area contributed by atoms with E-state index in [0.29, 0.717) is 0 Å². The molecule has 2 N–H and O–H groups in total. The molecule has 0 bridgehead atoms. The van der Waals surface area contributed by atoms with Gasteiger partial charge in [-0.25, -0.2) is 10.1 Å². The van der Waals surface area contributed by atoms with Crippen LogP contribution >= 0.6 is 11.6 Å². The summed E-state index contributed by atoms with van der Waals surface area (Å²) in [5.41, 5.74) is -0.784. The number of amides is 1. The van der Waals surface area contributed by atoms with Crippen LogP contribution in [0.5, 0.6) is 0 Å². The number of aromatic amines is 1. The van der Waals surface area contributed by atoms with Crippen molar-refractivity contribution in [1.29, 1.82) is 0 Å². The number of anilines is 1. The van der Waals surface area contributed by atoms with Crippen molar-refractivity contribution >= 4 is 29.1 Å².